The minimum absolute atomic E-state index is 0.153. The van der Waals surface area contributed by atoms with Crippen LogP contribution in [-0.2, 0) is 0 Å². The molecule has 0 spiro atoms. The van der Waals surface area contributed by atoms with E-state index >= 15 is 0 Å². The molecule has 2 rings (SSSR count). The first-order valence-electron chi connectivity index (χ1n) is 4.83. The van der Waals surface area contributed by atoms with Crippen molar-refractivity contribution in [1.29, 1.82) is 5.26 Å². The first-order chi connectivity index (χ1) is 8.60. The zero-order valence-corrected chi connectivity index (χ0v) is 8.98. The fourth-order valence-corrected chi connectivity index (χ4v) is 1.23. The molecule has 0 unspecified atom stereocenters. The van der Waals surface area contributed by atoms with E-state index in [1.54, 1.807) is 6.07 Å². The molecule has 6 nitrogen and oxygen atoms in total. The number of hydrogen-bond acceptors (Lipinski definition) is 5. The molecular formula is C11H7FN4O2. The number of carbonyl (C=O) groups excluding carboxylic acids is 1. The van der Waals surface area contributed by atoms with Crippen LogP contribution in [0.1, 0.15) is 16.4 Å². The van der Waals surface area contributed by atoms with Crippen molar-refractivity contribution < 1.29 is 13.6 Å². The Morgan fingerprint density at radius 3 is 2.67 bits per heavy atom. The smallest absolute Gasteiger partial charge is 0.311 e. The van der Waals surface area contributed by atoms with Crippen molar-refractivity contribution in [2.24, 2.45) is 0 Å². The van der Waals surface area contributed by atoms with E-state index in [0.29, 0.717) is 5.69 Å². The lowest BCUT2D eigenvalue weighted by molar-refractivity contribution is 0.0991. The van der Waals surface area contributed by atoms with E-state index < -0.39 is 11.7 Å². The molecule has 0 aliphatic rings. The number of nitrogens with one attached hydrogen (secondary N) is 1. The Balaban J connectivity index is 2.17. The lowest BCUT2D eigenvalue weighted by Crippen LogP contribution is -2.12. The summed E-state index contributed by atoms with van der Waals surface area (Å²) in [5.74, 6) is -1.63. The van der Waals surface area contributed by atoms with Gasteiger partial charge in [0, 0.05) is 5.69 Å². The number of aromatic nitrogens is 1. The summed E-state index contributed by atoms with van der Waals surface area (Å²) >= 11 is 0. The van der Waals surface area contributed by atoms with Gasteiger partial charge in [-0.1, -0.05) is 0 Å². The second-order valence-corrected chi connectivity index (χ2v) is 3.30. The molecule has 0 radical (unpaired) electrons. The minimum Gasteiger partial charge on any atom is -0.415 e. The Labute approximate surface area is 101 Å². The van der Waals surface area contributed by atoms with Crippen LogP contribution in [0.3, 0.4) is 0 Å². The highest BCUT2D eigenvalue weighted by atomic mass is 19.1. The van der Waals surface area contributed by atoms with Gasteiger partial charge in [-0.3, -0.25) is 4.79 Å². The third-order valence-corrected chi connectivity index (χ3v) is 2.06. The highest BCUT2D eigenvalue weighted by molar-refractivity contribution is 6.01. The molecule has 1 aromatic carbocycles. The standard InChI is InChI=1S/C11H7FN4O2/c12-6-1-3-7(4-2-6)15-10(17)11-16-8(5-13)9(14)18-11/h1-4H,14H2,(H,15,17). The maximum atomic E-state index is 12.7. The van der Waals surface area contributed by atoms with Crippen LogP contribution in [0, 0.1) is 17.1 Å². The number of nitrogen functional groups attached to an aromatic ring is 1. The molecule has 0 fully saturated rings. The summed E-state index contributed by atoms with van der Waals surface area (Å²) in [6.07, 6.45) is 0. The van der Waals surface area contributed by atoms with Gasteiger partial charge >= 0.3 is 5.91 Å². The number of benzene rings is 1. The topological polar surface area (TPSA) is 105 Å². The molecular weight excluding hydrogens is 239 g/mol. The van der Waals surface area contributed by atoms with E-state index in [1.807, 2.05) is 0 Å². The van der Waals surface area contributed by atoms with Crippen molar-refractivity contribution >= 4 is 17.5 Å². The second kappa shape index (κ2) is 4.55. The molecule has 0 saturated heterocycles. The molecule has 1 aromatic heterocycles. The van der Waals surface area contributed by atoms with Crippen LogP contribution in [0.25, 0.3) is 0 Å². The number of halogens is 1. The van der Waals surface area contributed by atoms with Gasteiger partial charge < -0.3 is 15.5 Å². The normalized spacial score (nSPS) is 9.78. The number of oxazole rings is 1. The van der Waals surface area contributed by atoms with Crippen LogP contribution >= 0.6 is 0 Å². The van der Waals surface area contributed by atoms with Crippen LogP contribution in [0.4, 0.5) is 16.0 Å². The summed E-state index contributed by atoms with van der Waals surface area (Å²) in [6, 6.07) is 6.83. The lowest BCUT2D eigenvalue weighted by Gasteiger charge is -2.01. The van der Waals surface area contributed by atoms with Crippen molar-refractivity contribution in [1.82, 2.24) is 4.98 Å². The molecule has 0 aliphatic carbocycles. The SMILES string of the molecule is N#Cc1nc(C(=O)Nc2ccc(F)cc2)oc1N. The van der Waals surface area contributed by atoms with Gasteiger partial charge in [-0.2, -0.15) is 10.2 Å². The molecule has 7 heteroatoms. The molecule has 90 valence electrons. The highest BCUT2D eigenvalue weighted by Crippen LogP contribution is 2.14. The van der Waals surface area contributed by atoms with Crippen LogP contribution in [0.15, 0.2) is 28.7 Å². The fraction of sp³-hybridized carbons (Fsp3) is 0. The number of anilines is 2. The largest absolute Gasteiger partial charge is 0.415 e. The van der Waals surface area contributed by atoms with Crippen molar-refractivity contribution in [2.45, 2.75) is 0 Å². The van der Waals surface area contributed by atoms with E-state index in [0.717, 1.165) is 0 Å². The van der Waals surface area contributed by atoms with Gasteiger partial charge in [-0.15, -0.1) is 0 Å². The van der Waals surface area contributed by atoms with Crippen molar-refractivity contribution in [3.63, 3.8) is 0 Å². The number of amides is 1. The summed E-state index contributed by atoms with van der Waals surface area (Å²) in [4.78, 5) is 15.3. The number of carbonyl (C=O) groups is 1. The molecule has 0 atom stereocenters. The van der Waals surface area contributed by atoms with Gasteiger partial charge in [0.25, 0.3) is 5.89 Å². The van der Waals surface area contributed by atoms with Crippen LogP contribution < -0.4 is 11.1 Å². The molecule has 0 bridgehead atoms. The number of hydrogen-bond donors (Lipinski definition) is 2. The first-order valence-corrected chi connectivity index (χ1v) is 4.83. The average molecular weight is 246 g/mol. The molecule has 2 aromatic rings. The van der Waals surface area contributed by atoms with Gasteiger partial charge in [0.1, 0.15) is 11.9 Å². The van der Waals surface area contributed by atoms with E-state index in [-0.39, 0.29) is 17.5 Å². The Bertz CT molecular complexity index is 627. The molecule has 18 heavy (non-hydrogen) atoms. The monoisotopic (exact) mass is 246 g/mol. The van der Waals surface area contributed by atoms with Gasteiger partial charge in [0.05, 0.1) is 0 Å². The molecule has 1 amide bonds. The highest BCUT2D eigenvalue weighted by Gasteiger charge is 2.17. The predicted octanol–water partition coefficient (Wildman–Crippen LogP) is 1.52. The Kier molecular flexibility index (Phi) is 2.93. The van der Waals surface area contributed by atoms with Gasteiger partial charge in [-0.05, 0) is 24.3 Å². The van der Waals surface area contributed by atoms with Crippen LogP contribution in [0.5, 0.6) is 0 Å². The zero-order chi connectivity index (χ0) is 13.1. The molecule has 0 aliphatic heterocycles. The van der Waals surface area contributed by atoms with Gasteiger partial charge in [0.2, 0.25) is 11.6 Å². The molecule has 0 saturated carbocycles. The second-order valence-electron chi connectivity index (χ2n) is 3.30. The van der Waals surface area contributed by atoms with Crippen molar-refractivity contribution in [2.75, 3.05) is 11.1 Å². The van der Waals surface area contributed by atoms with E-state index in [1.165, 1.54) is 24.3 Å². The Hall–Kier alpha value is -2.88. The fourth-order valence-electron chi connectivity index (χ4n) is 1.23. The number of rotatable bonds is 2. The number of nitriles is 1. The lowest BCUT2D eigenvalue weighted by atomic mass is 10.3. The van der Waals surface area contributed by atoms with E-state index in [9.17, 15) is 9.18 Å². The zero-order valence-electron chi connectivity index (χ0n) is 8.98. The summed E-state index contributed by atoms with van der Waals surface area (Å²) < 4.78 is 17.5. The van der Waals surface area contributed by atoms with E-state index in [2.05, 4.69) is 10.3 Å². The molecule has 3 N–H and O–H groups in total. The van der Waals surface area contributed by atoms with Crippen molar-refractivity contribution in [3.05, 3.63) is 41.7 Å². The van der Waals surface area contributed by atoms with E-state index in [4.69, 9.17) is 15.4 Å². The van der Waals surface area contributed by atoms with Crippen LogP contribution in [-0.4, -0.2) is 10.9 Å². The van der Waals surface area contributed by atoms with Gasteiger partial charge in [0.15, 0.2) is 0 Å². The predicted molar refractivity (Wildman–Crippen MR) is 60.0 cm³/mol. The van der Waals surface area contributed by atoms with Crippen LogP contribution in [0.2, 0.25) is 0 Å². The maximum Gasteiger partial charge on any atom is 0.311 e. The Morgan fingerprint density at radius 1 is 1.44 bits per heavy atom. The third-order valence-electron chi connectivity index (χ3n) is 2.06. The summed E-state index contributed by atoms with van der Waals surface area (Å²) in [5, 5.41) is 11.0. The third kappa shape index (κ3) is 2.27. The molecule has 1 heterocycles. The number of nitrogens with zero attached hydrogens (tertiary/aromatic N) is 2. The maximum absolute atomic E-state index is 12.7. The first kappa shape index (κ1) is 11.6. The quantitative estimate of drug-likeness (QED) is 0.835. The van der Waals surface area contributed by atoms with Gasteiger partial charge in [-0.25, -0.2) is 4.39 Å². The van der Waals surface area contributed by atoms with Crippen molar-refractivity contribution in [3.8, 4) is 6.07 Å². The Morgan fingerprint density at radius 2 is 2.11 bits per heavy atom. The minimum atomic E-state index is -0.671. The summed E-state index contributed by atoms with van der Waals surface area (Å²) in [7, 11) is 0. The average Bonchev–Trinajstić information content (AvgIpc) is 2.73. The summed E-state index contributed by atoms with van der Waals surface area (Å²) in [6.45, 7) is 0. The number of nitrogens with two attached hydrogens (primary N) is 1. The summed E-state index contributed by atoms with van der Waals surface area (Å²) in [5.41, 5.74) is 5.54.